The fourth-order valence-corrected chi connectivity index (χ4v) is 1.52. The minimum atomic E-state index is 0.276. The van der Waals surface area contributed by atoms with Crippen LogP contribution < -0.4 is 20.1 Å². The van der Waals surface area contributed by atoms with E-state index in [0.29, 0.717) is 11.7 Å². The lowest BCUT2D eigenvalue weighted by Gasteiger charge is -2.09. The fourth-order valence-electron chi connectivity index (χ4n) is 1.31. The normalized spacial score (nSPS) is 12.0. The van der Waals surface area contributed by atoms with Crippen molar-refractivity contribution < 1.29 is 9.47 Å². The van der Waals surface area contributed by atoms with E-state index in [4.69, 9.17) is 21.7 Å². The lowest BCUT2D eigenvalue weighted by Crippen LogP contribution is -2.28. The Balaban J connectivity index is 1.99. The Hall–Kier alpha value is -1.75. The molecule has 0 spiro atoms. The molecule has 84 valence electrons. The number of fused-ring (bicyclic) bond motifs is 1. The molecule has 0 bridgehead atoms. The van der Waals surface area contributed by atoms with Crippen LogP contribution in [0.5, 0.6) is 11.5 Å². The van der Waals surface area contributed by atoms with Crippen molar-refractivity contribution in [3.05, 3.63) is 30.9 Å². The second kappa shape index (κ2) is 4.85. The highest BCUT2D eigenvalue weighted by molar-refractivity contribution is 7.80. The van der Waals surface area contributed by atoms with Crippen LogP contribution in [-0.4, -0.2) is 18.5 Å². The number of ether oxygens (including phenoxy) is 2. The van der Waals surface area contributed by atoms with Gasteiger partial charge in [0.15, 0.2) is 16.6 Å². The Morgan fingerprint density at radius 1 is 1.44 bits per heavy atom. The van der Waals surface area contributed by atoms with Crippen molar-refractivity contribution in [2.45, 2.75) is 0 Å². The molecule has 1 aromatic rings. The van der Waals surface area contributed by atoms with E-state index >= 15 is 0 Å². The maximum atomic E-state index is 5.26. The summed E-state index contributed by atoms with van der Waals surface area (Å²) >= 11 is 5.09. The van der Waals surface area contributed by atoms with Gasteiger partial charge in [0.05, 0.1) is 0 Å². The molecule has 5 heteroatoms. The van der Waals surface area contributed by atoms with Gasteiger partial charge in [-0.25, -0.2) is 0 Å². The van der Waals surface area contributed by atoms with Crippen LogP contribution in [0.3, 0.4) is 0 Å². The molecule has 1 aromatic carbocycles. The molecule has 1 heterocycles. The third-order valence-corrected chi connectivity index (χ3v) is 2.28. The Bertz CT molecular complexity index is 420. The SMILES string of the molecule is C=CCNC(=S)Nc1ccc2c(c1)OCO2. The molecule has 1 aliphatic rings. The summed E-state index contributed by atoms with van der Waals surface area (Å²) in [7, 11) is 0. The third kappa shape index (κ3) is 2.43. The lowest BCUT2D eigenvalue weighted by molar-refractivity contribution is 0.174. The van der Waals surface area contributed by atoms with Gasteiger partial charge in [-0.3, -0.25) is 0 Å². The molecule has 0 saturated carbocycles. The molecule has 0 atom stereocenters. The number of nitrogens with one attached hydrogen (secondary N) is 2. The summed E-state index contributed by atoms with van der Waals surface area (Å²) in [4.78, 5) is 0. The van der Waals surface area contributed by atoms with Crippen LogP contribution in [-0.2, 0) is 0 Å². The first kappa shape index (κ1) is 10.8. The molecule has 0 radical (unpaired) electrons. The number of benzene rings is 1. The van der Waals surface area contributed by atoms with Crippen molar-refractivity contribution in [1.29, 1.82) is 0 Å². The number of rotatable bonds is 3. The number of anilines is 1. The Morgan fingerprint density at radius 3 is 3.06 bits per heavy atom. The summed E-state index contributed by atoms with van der Waals surface area (Å²) < 4.78 is 10.5. The van der Waals surface area contributed by atoms with Gasteiger partial charge in [-0.15, -0.1) is 6.58 Å². The molecule has 0 aromatic heterocycles. The number of hydrogen-bond donors (Lipinski definition) is 2. The van der Waals surface area contributed by atoms with Crippen molar-refractivity contribution >= 4 is 23.0 Å². The zero-order valence-corrected chi connectivity index (χ0v) is 9.47. The lowest BCUT2D eigenvalue weighted by atomic mass is 10.3. The van der Waals surface area contributed by atoms with Crippen molar-refractivity contribution in [3.8, 4) is 11.5 Å². The number of hydrogen-bond acceptors (Lipinski definition) is 3. The third-order valence-electron chi connectivity index (χ3n) is 2.04. The van der Waals surface area contributed by atoms with Gasteiger partial charge < -0.3 is 20.1 Å². The highest BCUT2D eigenvalue weighted by Gasteiger charge is 2.13. The maximum absolute atomic E-state index is 5.26. The molecule has 2 N–H and O–H groups in total. The molecule has 1 aliphatic heterocycles. The maximum Gasteiger partial charge on any atom is 0.231 e. The van der Waals surface area contributed by atoms with Gasteiger partial charge in [-0.1, -0.05) is 6.08 Å². The van der Waals surface area contributed by atoms with Crippen LogP contribution in [0.4, 0.5) is 5.69 Å². The van der Waals surface area contributed by atoms with E-state index in [1.165, 1.54) is 0 Å². The predicted molar refractivity (Wildman–Crippen MR) is 67.0 cm³/mol. The van der Waals surface area contributed by atoms with Crippen LogP contribution >= 0.6 is 12.2 Å². The topological polar surface area (TPSA) is 42.5 Å². The van der Waals surface area contributed by atoms with Crippen LogP contribution in [0, 0.1) is 0 Å². The first-order chi connectivity index (χ1) is 7.79. The highest BCUT2D eigenvalue weighted by Crippen LogP contribution is 2.34. The average Bonchev–Trinajstić information content (AvgIpc) is 2.73. The smallest absolute Gasteiger partial charge is 0.231 e. The van der Waals surface area contributed by atoms with E-state index in [1.54, 1.807) is 6.08 Å². The minimum absolute atomic E-state index is 0.276. The summed E-state index contributed by atoms with van der Waals surface area (Å²) in [6, 6.07) is 5.58. The largest absolute Gasteiger partial charge is 0.454 e. The molecule has 0 fully saturated rings. The average molecular weight is 236 g/mol. The standard InChI is InChI=1S/C11H12N2O2S/c1-2-5-12-11(16)13-8-3-4-9-10(6-8)15-7-14-9/h2-4,6H,1,5,7H2,(H2,12,13,16). The zero-order valence-electron chi connectivity index (χ0n) is 8.66. The Kier molecular flexibility index (Phi) is 3.26. The molecule has 0 unspecified atom stereocenters. The molecular weight excluding hydrogens is 224 g/mol. The van der Waals surface area contributed by atoms with Gasteiger partial charge in [0.2, 0.25) is 6.79 Å². The summed E-state index contributed by atoms with van der Waals surface area (Å²) in [5.74, 6) is 1.49. The minimum Gasteiger partial charge on any atom is -0.454 e. The molecule has 0 aliphatic carbocycles. The Morgan fingerprint density at radius 2 is 2.25 bits per heavy atom. The van der Waals surface area contributed by atoms with E-state index < -0.39 is 0 Å². The molecular formula is C11H12N2O2S. The summed E-state index contributed by atoms with van der Waals surface area (Å²) in [6.07, 6.45) is 1.74. The van der Waals surface area contributed by atoms with Crippen molar-refractivity contribution in [2.75, 3.05) is 18.7 Å². The molecule has 0 amide bonds. The van der Waals surface area contributed by atoms with Crippen LogP contribution in [0.25, 0.3) is 0 Å². The summed E-state index contributed by atoms with van der Waals surface area (Å²) in [5, 5.41) is 6.58. The first-order valence-corrected chi connectivity index (χ1v) is 5.26. The second-order valence-electron chi connectivity index (χ2n) is 3.19. The molecule has 4 nitrogen and oxygen atoms in total. The van der Waals surface area contributed by atoms with E-state index in [-0.39, 0.29) is 6.79 Å². The fraction of sp³-hybridized carbons (Fsp3) is 0.182. The van der Waals surface area contributed by atoms with Crippen molar-refractivity contribution in [1.82, 2.24) is 5.32 Å². The summed E-state index contributed by atoms with van der Waals surface area (Å²) in [5.41, 5.74) is 0.866. The van der Waals surface area contributed by atoms with Gasteiger partial charge in [0.25, 0.3) is 0 Å². The van der Waals surface area contributed by atoms with Gasteiger partial charge >= 0.3 is 0 Å². The van der Waals surface area contributed by atoms with Crippen molar-refractivity contribution in [3.63, 3.8) is 0 Å². The van der Waals surface area contributed by atoms with E-state index in [2.05, 4.69) is 17.2 Å². The quantitative estimate of drug-likeness (QED) is 0.619. The van der Waals surface area contributed by atoms with Crippen molar-refractivity contribution in [2.24, 2.45) is 0 Å². The van der Waals surface area contributed by atoms with Gasteiger partial charge in [-0.05, 0) is 24.4 Å². The zero-order chi connectivity index (χ0) is 11.4. The summed E-state index contributed by atoms with van der Waals surface area (Å²) in [6.45, 7) is 4.51. The second-order valence-corrected chi connectivity index (χ2v) is 3.60. The van der Waals surface area contributed by atoms with Gasteiger partial charge in [-0.2, -0.15) is 0 Å². The van der Waals surface area contributed by atoms with Crippen LogP contribution in [0.15, 0.2) is 30.9 Å². The van der Waals surface area contributed by atoms with E-state index in [9.17, 15) is 0 Å². The van der Waals surface area contributed by atoms with Gasteiger partial charge in [0, 0.05) is 18.3 Å². The predicted octanol–water partition coefficient (Wildman–Crippen LogP) is 1.89. The number of thiocarbonyl (C=S) groups is 1. The monoisotopic (exact) mass is 236 g/mol. The van der Waals surface area contributed by atoms with E-state index in [0.717, 1.165) is 17.2 Å². The van der Waals surface area contributed by atoms with E-state index in [1.807, 2.05) is 18.2 Å². The van der Waals surface area contributed by atoms with Gasteiger partial charge in [0.1, 0.15) is 0 Å². The molecule has 16 heavy (non-hydrogen) atoms. The first-order valence-electron chi connectivity index (χ1n) is 4.85. The Labute approximate surface area is 99.2 Å². The highest BCUT2D eigenvalue weighted by atomic mass is 32.1. The van der Waals surface area contributed by atoms with Crippen LogP contribution in [0.2, 0.25) is 0 Å². The molecule has 2 rings (SSSR count). The van der Waals surface area contributed by atoms with Crippen LogP contribution in [0.1, 0.15) is 0 Å². The molecule has 0 saturated heterocycles.